The number of aryl methyl sites for hydroxylation is 2. The Labute approximate surface area is 197 Å². The van der Waals surface area contributed by atoms with E-state index in [0.717, 1.165) is 34.9 Å². The first-order valence-electron chi connectivity index (χ1n) is 11.4. The molecule has 4 aromatic carbocycles. The number of fused-ring (bicyclic) bond motifs is 4. The minimum Gasteiger partial charge on any atom is -0.381 e. The summed E-state index contributed by atoms with van der Waals surface area (Å²) in [5.41, 5.74) is 8.52. The Bertz CT molecular complexity index is 1610. The van der Waals surface area contributed by atoms with Gasteiger partial charge >= 0.3 is 0 Å². The van der Waals surface area contributed by atoms with E-state index in [4.69, 9.17) is 4.98 Å². The maximum atomic E-state index is 4.81. The van der Waals surface area contributed by atoms with Gasteiger partial charge in [0.05, 0.1) is 10.2 Å². The van der Waals surface area contributed by atoms with Crippen LogP contribution in [0, 0.1) is 6.92 Å². The SMILES string of the molecule is CCn1c2ccccc2c2cc(CNc3ccc(-c4nc5ccc(C)cc5s4)cc3)ccc21. The molecule has 2 heterocycles. The summed E-state index contributed by atoms with van der Waals surface area (Å²) in [7, 11) is 0. The van der Waals surface area contributed by atoms with Crippen molar-refractivity contribution in [2.24, 2.45) is 0 Å². The fraction of sp³-hybridized carbons (Fsp3) is 0.138. The smallest absolute Gasteiger partial charge is 0.124 e. The molecule has 6 aromatic rings. The van der Waals surface area contributed by atoms with Gasteiger partial charge in [-0.2, -0.15) is 0 Å². The molecule has 0 fully saturated rings. The van der Waals surface area contributed by atoms with Crippen LogP contribution in [0.25, 0.3) is 42.6 Å². The number of nitrogens with zero attached hydrogens (tertiary/aromatic N) is 2. The van der Waals surface area contributed by atoms with Crippen LogP contribution >= 0.6 is 11.3 Å². The lowest BCUT2D eigenvalue weighted by molar-refractivity contribution is 0.827. The van der Waals surface area contributed by atoms with E-state index in [0.29, 0.717) is 0 Å². The van der Waals surface area contributed by atoms with Gasteiger partial charge in [0.1, 0.15) is 5.01 Å². The van der Waals surface area contributed by atoms with Crippen LogP contribution in [0.4, 0.5) is 5.69 Å². The average Bonchev–Trinajstić information content (AvgIpc) is 3.41. The summed E-state index contributed by atoms with van der Waals surface area (Å²) < 4.78 is 3.64. The molecule has 0 aliphatic carbocycles. The Morgan fingerprint density at radius 3 is 2.52 bits per heavy atom. The molecule has 162 valence electrons. The van der Waals surface area contributed by atoms with Gasteiger partial charge in [-0.1, -0.05) is 30.3 Å². The minimum atomic E-state index is 0.793. The molecule has 0 saturated carbocycles. The van der Waals surface area contributed by atoms with Gasteiger partial charge in [-0.05, 0) is 79.6 Å². The summed E-state index contributed by atoms with van der Waals surface area (Å²) in [4.78, 5) is 4.81. The molecule has 0 unspecified atom stereocenters. The standard InChI is InChI=1S/C29H25N3S/c1-3-32-26-7-5-4-6-23(26)24-17-20(9-15-27(24)32)18-30-22-12-10-21(11-13-22)29-31-25-14-8-19(2)16-28(25)33-29/h4-17,30H,3,18H2,1-2H3. The third-order valence-corrected chi connectivity index (χ3v) is 7.39. The van der Waals surface area contributed by atoms with Crippen LogP contribution in [-0.2, 0) is 13.1 Å². The first-order chi connectivity index (χ1) is 16.2. The third kappa shape index (κ3) is 3.57. The maximum absolute atomic E-state index is 4.81. The molecule has 33 heavy (non-hydrogen) atoms. The van der Waals surface area contributed by atoms with E-state index in [2.05, 4.69) is 109 Å². The minimum absolute atomic E-state index is 0.793. The van der Waals surface area contributed by atoms with E-state index >= 15 is 0 Å². The fourth-order valence-electron chi connectivity index (χ4n) is 4.64. The molecule has 0 aliphatic rings. The molecule has 0 radical (unpaired) electrons. The number of nitrogens with one attached hydrogen (secondary N) is 1. The van der Waals surface area contributed by atoms with Gasteiger partial charge < -0.3 is 9.88 Å². The van der Waals surface area contributed by atoms with Gasteiger partial charge in [0.25, 0.3) is 0 Å². The summed E-state index contributed by atoms with van der Waals surface area (Å²) >= 11 is 1.75. The summed E-state index contributed by atoms with van der Waals surface area (Å²) in [6.07, 6.45) is 0. The highest BCUT2D eigenvalue weighted by Gasteiger charge is 2.10. The second-order valence-electron chi connectivity index (χ2n) is 8.53. The molecule has 3 nitrogen and oxygen atoms in total. The number of anilines is 1. The molecule has 0 aliphatic heterocycles. The quantitative estimate of drug-likeness (QED) is 0.290. The lowest BCUT2D eigenvalue weighted by atomic mass is 10.1. The zero-order valence-electron chi connectivity index (χ0n) is 18.8. The highest BCUT2D eigenvalue weighted by molar-refractivity contribution is 7.21. The van der Waals surface area contributed by atoms with E-state index in [1.807, 2.05) is 0 Å². The van der Waals surface area contributed by atoms with E-state index in [9.17, 15) is 0 Å². The van der Waals surface area contributed by atoms with Crippen molar-refractivity contribution >= 4 is 49.0 Å². The number of hydrogen-bond donors (Lipinski definition) is 1. The van der Waals surface area contributed by atoms with E-state index < -0.39 is 0 Å². The second kappa shape index (κ2) is 8.05. The van der Waals surface area contributed by atoms with Gasteiger partial charge in [0.15, 0.2) is 0 Å². The zero-order valence-corrected chi connectivity index (χ0v) is 19.6. The molecule has 0 bridgehead atoms. The highest BCUT2D eigenvalue weighted by atomic mass is 32.1. The Kier molecular flexibility index (Phi) is 4.88. The van der Waals surface area contributed by atoms with Crippen molar-refractivity contribution in [2.45, 2.75) is 26.9 Å². The lowest BCUT2D eigenvalue weighted by Gasteiger charge is -2.08. The molecule has 2 aromatic heterocycles. The van der Waals surface area contributed by atoms with Crippen LogP contribution in [0.3, 0.4) is 0 Å². The van der Waals surface area contributed by atoms with Crippen molar-refractivity contribution in [3.05, 3.63) is 96.1 Å². The van der Waals surface area contributed by atoms with Gasteiger partial charge in [-0.25, -0.2) is 4.98 Å². The van der Waals surface area contributed by atoms with Gasteiger partial charge in [-0.15, -0.1) is 11.3 Å². The Morgan fingerprint density at radius 1 is 0.848 bits per heavy atom. The molecule has 0 amide bonds. The number of benzene rings is 4. The Balaban J connectivity index is 1.23. The van der Waals surface area contributed by atoms with Gasteiger partial charge in [0, 0.05) is 46.1 Å². The molecule has 0 saturated heterocycles. The molecule has 1 N–H and O–H groups in total. The number of thiazole rings is 1. The van der Waals surface area contributed by atoms with E-state index in [1.54, 1.807) is 11.3 Å². The van der Waals surface area contributed by atoms with Crippen molar-refractivity contribution < 1.29 is 0 Å². The van der Waals surface area contributed by atoms with Gasteiger partial charge in [-0.3, -0.25) is 0 Å². The largest absolute Gasteiger partial charge is 0.381 e. The van der Waals surface area contributed by atoms with Crippen molar-refractivity contribution in [2.75, 3.05) is 5.32 Å². The van der Waals surface area contributed by atoms with Gasteiger partial charge in [0.2, 0.25) is 0 Å². The highest BCUT2D eigenvalue weighted by Crippen LogP contribution is 2.32. The van der Waals surface area contributed by atoms with E-state index in [-0.39, 0.29) is 0 Å². The Morgan fingerprint density at radius 2 is 1.67 bits per heavy atom. The van der Waals surface area contributed by atoms with Crippen molar-refractivity contribution in [3.8, 4) is 10.6 Å². The van der Waals surface area contributed by atoms with Crippen molar-refractivity contribution in [1.82, 2.24) is 9.55 Å². The average molecular weight is 448 g/mol. The predicted molar refractivity (Wildman–Crippen MR) is 142 cm³/mol. The zero-order chi connectivity index (χ0) is 22.4. The monoisotopic (exact) mass is 447 g/mol. The maximum Gasteiger partial charge on any atom is 0.124 e. The van der Waals surface area contributed by atoms with Crippen LogP contribution in [0.5, 0.6) is 0 Å². The molecular weight excluding hydrogens is 422 g/mol. The predicted octanol–water partition coefficient (Wildman–Crippen LogP) is 8.01. The summed E-state index contributed by atoms with van der Waals surface area (Å²) in [6, 6.07) is 30.6. The third-order valence-electron chi connectivity index (χ3n) is 6.33. The van der Waals surface area contributed by atoms with Crippen LogP contribution < -0.4 is 5.32 Å². The van der Waals surface area contributed by atoms with Crippen molar-refractivity contribution in [1.29, 1.82) is 0 Å². The summed E-state index contributed by atoms with van der Waals surface area (Å²) in [5.74, 6) is 0. The number of aromatic nitrogens is 2. The van der Waals surface area contributed by atoms with Crippen LogP contribution in [-0.4, -0.2) is 9.55 Å². The molecular formula is C29H25N3S. The number of rotatable bonds is 5. The topological polar surface area (TPSA) is 29.9 Å². The lowest BCUT2D eigenvalue weighted by Crippen LogP contribution is -1.99. The first kappa shape index (κ1) is 20.0. The number of para-hydroxylation sites is 1. The van der Waals surface area contributed by atoms with Crippen LogP contribution in [0.2, 0.25) is 0 Å². The van der Waals surface area contributed by atoms with Crippen LogP contribution in [0.15, 0.2) is 84.9 Å². The Hall–Kier alpha value is -3.63. The normalized spacial score (nSPS) is 11.6. The number of hydrogen-bond acceptors (Lipinski definition) is 3. The molecule has 6 rings (SSSR count). The van der Waals surface area contributed by atoms with E-state index in [1.165, 1.54) is 37.6 Å². The van der Waals surface area contributed by atoms with Crippen molar-refractivity contribution in [3.63, 3.8) is 0 Å². The van der Waals surface area contributed by atoms with Crippen LogP contribution in [0.1, 0.15) is 18.1 Å². The first-order valence-corrected chi connectivity index (χ1v) is 12.2. The summed E-state index contributed by atoms with van der Waals surface area (Å²) in [6.45, 7) is 6.10. The summed E-state index contributed by atoms with van der Waals surface area (Å²) in [5, 5.41) is 7.31. The second-order valence-corrected chi connectivity index (χ2v) is 9.56. The molecule has 0 atom stereocenters. The molecule has 4 heteroatoms. The fourth-order valence-corrected chi connectivity index (χ4v) is 5.71. The molecule has 0 spiro atoms.